The molecule has 5 nitrogen and oxygen atoms in total. The second-order valence-electron chi connectivity index (χ2n) is 6.80. The van der Waals surface area contributed by atoms with Gasteiger partial charge in [0.15, 0.2) is 0 Å². The molecule has 0 amide bonds. The summed E-state index contributed by atoms with van der Waals surface area (Å²) >= 11 is 0. The highest BCUT2D eigenvalue weighted by Gasteiger charge is 2.36. The third kappa shape index (κ3) is 4.00. The summed E-state index contributed by atoms with van der Waals surface area (Å²) in [5, 5.41) is 10.2. The summed E-state index contributed by atoms with van der Waals surface area (Å²) in [6.45, 7) is 7.60. The highest BCUT2D eigenvalue weighted by Crippen LogP contribution is 2.32. The van der Waals surface area contributed by atoms with Gasteiger partial charge in [-0.3, -0.25) is 0 Å². The van der Waals surface area contributed by atoms with E-state index in [9.17, 15) is 9.90 Å². The van der Waals surface area contributed by atoms with Gasteiger partial charge in [-0.1, -0.05) is 12.1 Å². The number of rotatable bonds is 5. The third-order valence-electron chi connectivity index (χ3n) is 4.41. The number of methoxy groups -OCH3 is 1. The minimum Gasteiger partial charge on any atom is -0.493 e. The zero-order valence-corrected chi connectivity index (χ0v) is 14.9. The van der Waals surface area contributed by atoms with Gasteiger partial charge >= 0.3 is 13.5 Å². The number of hydrogen-bond acceptors (Lipinski definition) is 5. The first-order valence-corrected chi connectivity index (χ1v) is 7.95. The van der Waals surface area contributed by atoms with E-state index in [1.54, 1.807) is 33.5 Å². The van der Waals surface area contributed by atoms with E-state index >= 15 is 0 Å². The molecule has 0 saturated carbocycles. The van der Waals surface area contributed by atoms with Crippen LogP contribution in [0.4, 0.5) is 0 Å². The predicted molar refractivity (Wildman–Crippen MR) is 93.1 cm³/mol. The molecular formula is C18H24BO5. The van der Waals surface area contributed by atoms with Gasteiger partial charge in [0, 0.05) is 5.56 Å². The zero-order chi connectivity index (χ0) is 18.0. The van der Waals surface area contributed by atoms with Crippen LogP contribution in [-0.4, -0.2) is 43.5 Å². The third-order valence-corrected chi connectivity index (χ3v) is 4.41. The molecule has 1 N–H and O–H groups in total. The van der Waals surface area contributed by atoms with Crippen LogP contribution in [0.15, 0.2) is 24.3 Å². The minimum absolute atomic E-state index is 0.403. The van der Waals surface area contributed by atoms with Crippen molar-refractivity contribution in [1.82, 2.24) is 0 Å². The molecule has 0 fully saturated rings. The molecule has 2 rings (SSSR count). The SMILES string of the molecule is COC(=O)c1ccc2c(c1)OCCC=C2[B]OC(C)(C)C(C)(C)O. The van der Waals surface area contributed by atoms with E-state index in [0.717, 1.165) is 17.5 Å². The van der Waals surface area contributed by atoms with Crippen LogP contribution in [0.3, 0.4) is 0 Å². The van der Waals surface area contributed by atoms with Gasteiger partial charge in [-0.2, -0.15) is 0 Å². The Hall–Kier alpha value is -1.79. The van der Waals surface area contributed by atoms with Crippen LogP contribution in [0.25, 0.3) is 5.47 Å². The fourth-order valence-electron chi connectivity index (χ4n) is 2.08. The van der Waals surface area contributed by atoms with Gasteiger partial charge in [0.2, 0.25) is 0 Å². The second-order valence-corrected chi connectivity index (χ2v) is 6.80. The zero-order valence-electron chi connectivity index (χ0n) is 14.9. The highest BCUT2D eigenvalue weighted by atomic mass is 16.5. The van der Waals surface area contributed by atoms with Crippen LogP contribution in [0.5, 0.6) is 5.75 Å². The number of fused-ring (bicyclic) bond motifs is 1. The number of aliphatic hydroxyl groups is 1. The number of esters is 1. The summed E-state index contributed by atoms with van der Waals surface area (Å²) in [6.07, 6.45) is 2.74. The van der Waals surface area contributed by atoms with Crippen LogP contribution in [0, 0.1) is 0 Å². The van der Waals surface area contributed by atoms with Crippen LogP contribution in [-0.2, 0) is 9.39 Å². The fourth-order valence-corrected chi connectivity index (χ4v) is 2.08. The summed E-state index contributed by atoms with van der Waals surface area (Å²) in [5.74, 6) is 0.210. The smallest absolute Gasteiger partial charge is 0.337 e. The van der Waals surface area contributed by atoms with Crippen molar-refractivity contribution >= 4 is 18.9 Å². The summed E-state index contributed by atoms with van der Waals surface area (Å²) < 4.78 is 16.3. The van der Waals surface area contributed by atoms with E-state index in [0.29, 0.717) is 17.9 Å². The van der Waals surface area contributed by atoms with Crippen molar-refractivity contribution in [3.63, 3.8) is 0 Å². The van der Waals surface area contributed by atoms with Crippen LogP contribution in [0.2, 0.25) is 0 Å². The number of benzene rings is 1. The summed E-state index contributed by atoms with van der Waals surface area (Å²) in [4.78, 5) is 11.7. The van der Waals surface area contributed by atoms with Crippen molar-refractivity contribution < 1.29 is 24.0 Å². The number of carbonyl (C=O) groups is 1. The lowest BCUT2D eigenvalue weighted by Crippen LogP contribution is -2.48. The molecular weight excluding hydrogens is 307 g/mol. The van der Waals surface area contributed by atoms with Gasteiger partial charge < -0.3 is 19.2 Å². The van der Waals surface area contributed by atoms with Crippen LogP contribution < -0.4 is 4.74 Å². The Bertz CT molecular complexity index is 643. The normalized spacial score (nSPS) is 14.8. The first-order chi connectivity index (χ1) is 11.2. The number of carbonyl (C=O) groups excluding carboxylic acids is 1. The molecule has 1 aliphatic heterocycles. The number of ether oxygens (including phenoxy) is 2. The molecule has 0 saturated heterocycles. The molecule has 1 aliphatic rings. The molecule has 1 heterocycles. The quantitative estimate of drug-likeness (QED) is 0.664. The lowest BCUT2D eigenvalue weighted by Gasteiger charge is -2.37. The Balaban J connectivity index is 2.24. The van der Waals surface area contributed by atoms with Gasteiger partial charge in [0.05, 0.1) is 30.5 Å². The Labute approximate surface area is 143 Å². The maximum atomic E-state index is 11.7. The number of hydrogen-bond donors (Lipinski definition) is 1. The molecule has 1 aromatic rings. The Morgan fingerprint density at radius 2 is 2.00 bits per heavy atom. The lowest BCUT2D eigenvalue weighted by atomic mass is 9.78. The molecule has 0 aliphatic carbocycles. The Kier molecular flexibility index (Phi) is 5.40. The van der Waals surface area contributed by atoms with E-state index in [4.69, 9.17) is 14.1 Å². The van der Waals surface area contributed by atoms with Gasteiger partial charge in [-0.25, -0.2) is 4.79 Å². The average molecular weight is 331 g/mol. The van der Waals surface area contributed by atoms with Gasteiger partial charge in [0.1, 0.15) is 5.75 Å². The molecule has 0 unspecified atom stereocenters. The molecule has 24 heavy (non-hydrogen) atoms. The van der Waals surface area contributed by atoms with E-state index in [1.165, 1.54) is 7.11 Å². The van der Waals surface area contributed by atoms with Gasteiger partial charge in [-0.15, -0.1) is 0 Å². The van der Waals surface area contributed by atoms with E-state index < -0.39 is 17.2 Å². The maximum absolute atomic E-state index is 11.7. The van der Waals surface area contributed by atoms with Crippen LogP contribution in [0.1, 0.15) is 50.0 Å². The molecule has 0 spiro atoms. The van der Waals surface area contributed by atoms with Crippen molar-refractivity contribution in [1.29, 1.82) is 0 Å². The summed E-state index contributed by atoms with van der Waals surface area (Å²) in [7, 11) is 2.99. The monoisotopic (exact) mass is 331 g/mol. The van der Waals surface area contributed by atoms with Crippen molar-refractivity contribution in [3.8, 4) is 5.75 Å². The van der Waals surface area contributed by atoms with Crippen molar-refractivity contribution in [2.45, 2.75) is 45.3 Å². The fraction of sp³-hybridized carbons (Fsp3) is 0.500. The summed E-state index contributed by atoms with van der Waals surface area (Å²) in [6, 6.07) is 5.19. The minimum atomic E-state index is -0.997. The molecule has 129 valence electrons. The second kappa shape index (κ2) is 6.99. The van der Waals surface area contributed by atoms with Crippen molar-refractivity contribution in [3.05, 3.63) is 35.4 Å². The Morgan fingerprint density at radius 1 is 1.29 bits per heavy atom. The molecule has 0 aromatic heterocycles. The van der Waals surface area contributed by atoms with Crippen molar-refractivity contribution in [2.75, 3.05) is 13.7 Å². The van der Waals surface area contributed by atoms with E-state index in [1.807, 2.05) is 26.0 Å². The predicted octanol–water partition coefficient (Wildman–Crippen LogP) is 2.78. The van der Waals surface area contributed by atoms with Gasteiger partial charge in [-0.05, 0) is 51.7 Å². The first kappa shape index (κ1) is 18.6. The molecule has 6 heteroatoms. The summed E-state index contributed by atoms with van der Waals surface area (Å²) in [5.41, 5.74) is 0.383. The topological polar surface area (TPSA) is 65.0 Å². The highest BCUT2D eigenvalue weighted by molar-refractivity contribution is 6.55. The largest absolute Gasteiger partial charge is 0.493 e. The lowest BCUT2D eigenvalue weighted by molar-refractivity contribution is -0.0892. The first-order valence-electron chi connectivity index (χ1n) is 7.95. The Morgan fingerprint density at radius 3 is 2.62 bits per heavy atom. The molecule has 0 atom stereocenters. The van der Waals surface area contributed by atoms with Crippen LogP contribution >= 0.6 is 0 Å². The molecule has 0 bridgehead atoms. The van der Waals surface area contributed by atoms with E-state index in [-0.39, 0.29) is 0 Å². The van der Waals surface area contributed by atoms with Gasteiger partial charge in [0.25, 0.3) is 0 Å². The maximum Gasteiger partial charge on any atom is 0.337 e. The van der Waals surface area contributed by atoms with E-state index in [2.05, 4.69) is 0 Å². The molecule has 1 aromatic carbocycles. The molecule has 1 radical (unpaired) electrons. The average Bonchev–Trinajstić information content (AvgIpc) is 2.72. The van der Waals surface area contributed by atoms with Crippen molar-refractivity contribution in [2.24, 2.45) is 0 Å². The standard InChI is InChI=1S/C18H24BO5/c1-17(2,21)18(3,4)24-19-14-7-6-10-23-15-11-12(16(20)22-5)8-9-13(14)15/h7-9,11,21H,6,10H2,1-5H3.